The number of carbonyl (C=O) groups is 1. The Labute approximate surface area is 92.1 Å². The molecule has 0 aliphatic carbocycles. The summed E-state index contributed by atoms with van der Waals surface area (Å²) in [6.45, 7) is -0.259. The standard InChI is InChI=1S/C10H11ClFNO2/c1-13(10(15)4-5-14)9-6-7(11)2-3-8(9)12/h2-3,6,14H,4-5H2,1H3. The van der Waals surface area contributed by atoms with Gasteiger partial charge in [0.1, 0.15) is 5.82 Å². The summed E-state index contributed by atoms with van der Waals surface area (Å²) in [5, 5.41) is 8.95. The minimum absolute atomic E-state index is 0.0392. The van der Waals surface area contributed by atoms with Crippen molar-refractivity contribution in [3.05, 3.63) is 29.0 Å². The molecule has 1 N–H and O–H groups in total. The summed E-state index contributed by atoms with van der Waals surface area (Å²) in [6, 6.07) is 3.97. The Morgan fingerprint density at radius 2 is 2.27 bits per heavy atom. The van der Waals surface area contributed by atoms with Gasteiger partial charge in [-0.2, -0.15) is 0 Å². The van der Waals surface area contributed by atoms with Gasteiger partial charge in [-0.15, -0.1) is 0 Å². The Hall–Kier alpha value is -1.13. The van der Waals surface area contributed by atoms with Gasteiger partial charge in [-0.1, -0.05) is 11.6 Å². The summed E-state index contributed by atoms with van der Waals surface area (Å²) >= 11 is 5.69. The summed E-state index contributed by atoms with van der Waals surface area (Å²) in [6.07, 6.45) is -0.0392. The van der Waals surface area contributed by atoms with E-state index >= 15 is 0 Å². The van der Waals surface area contributed by atoms with Crippen molar-refractivity contribution in [2.75, 3.05) is 18.6 Å². The van der Waals surface area contributed by atoms with Gasteiger partial charge in [0.05, 0.1) is 18.7 Å². The second-order valence-corrected chi connectivity index (χ2v) is 3.46. The van der Waals surface area contributed by atoms with Crippen LogP contribution in [-0.2, 0) is 4.79 Å². The molecule has 0 saturated heterocycles. The van der Waals surface area contributed by atoms with Gasteiger partial charge in [-0.3, -0.25) is 4.79 Å². The highest BCUT2D eigenvalue weighted by molar-refractivity contribution is 6.30. The Balaban J connectivity index is 2.94. The molecule has 0 aliphatic heterocycles. The lowest BCUT2D eigenvalue weighted by molar-refractivity contribution is -0.118. The fraction of sp³-hybridized carbons (Fsp3) is 0.300. The smallest absolute Gasteiger partial charge is 0.229 e. The van der Waals surface area contributed by atoms with Crippen molar-refractivity contribution in [3.8, 4) is 0 Å². The third-order valence-corrected chi connectivity index (χ3v) is 2.20. The number of hydrogen-bond donors (Lipinski definition) is 1. The molecular weight excluding hydrogens is 221 g/mol. The summed E-state index contributed by atoms with van der Waals surface area (Å²) in [5.74, 6) is -0.883. The van der Waals surface area contributed by atoms with Crippen molar-refractivity contribution in [1.29, 1.82) is 0 Å². The van der Waals surface area contributed by atoms with Crippen LogP contribution in [0.5, 0.6) is 0 Å². The molecule has 1 rings (SSSR count). The number of anilines is 1. The summed E-state index contributed by atoms with van der Waals surface area (Å²) in [4.78, 5) is 12.5. The number of benzene rings is 1. The minimum atomic E-state index is -0.520. The molecule has 0 fully saturated rings. The Kier molecular flexibility index (Phi) is 4.05. The van der Waals surface area contributed by atoms with Gasteiger partial charge >= 0.3 is 0 Å². The number of carbonyl (C=O) groups excluding carboxylic acids is 1. The lowest BCUT2D eigenvalue weighted by Gasteiger charge is -2.17. The van der Waals surface area contributed by atoms with E-state index < -0.39 is 5.82 Å². The molecule has 0 unspecified atom stereocenters. The van der Waals surface area contributed by atoms with Crippen molar-refractivity contribution >= 4 is 23.2 Å². The highest BCUT2D eigenvalue weighted by atomic mass is 35.5. The van der Waals surface area contributed by atoms with E-state index in [-0.39, 0.29) is 24.6 Å². The first-order valence-corrected chi connectivity index (χ1v) is 4.76. The molecule has 1 amide bonds. The highest BCUT2D eigenvalue weighted by Gasteiger charge is 2.14. The lowest BCUT2D eigenvalue weighted by atomic mass is 10.2. The zero-order chi connectivity index (χ0) is 11.4. The molecule has 0 bridgehead atoms. The molecule has 0 spiro atoms. The molecule has 0 atom stereocenters. The predicted molar refractivity (Wildman–Crippen MR) is 56.5 cm³/mol. The molecule has 0 aliphatic rings. The quantitative estimate of drug-likeness (QED) is 0.862. The van der Waals surface area contributed by atoms with Gasteiger partial charge in [0, 0.05) is 12.1 Å². The summed E-state index contributed by atoms with van der Waals surface area (Å²) in [5.41, 5.74) is 0.112. The van der Waals surface area contributed by atoms with Crippen LogP contribution in [0.4, 0.5) is 10.1 Å². The molecule has 1 aromatic carbocycles. The third-order valence-electron chi connectivity index (χ3n) is 1.97. The minimum Gasteiger partial charge on any atom is -0.396 e. The maximum absolute atomic E-state index is 13.3. The zero-order valence-electron chi connectivity index (χ0n) is 8.20. The normalized spacial score (nSPS) is 10.1. The van der Waals surface area contributed by atoms with Crippen molar-refractivity contribution in [2.24, 2.45) is 0 Å². The van der Waals surface area contributed by atoms with Gasteiger partial charge in [-0.05, 0) is 18.2 Å². The van der Waals surface area contributed by atoms with E-state index in [9.17, 15) is 9.18 Å². The van der Waals surface area contributed by atoms with Gasteiger partial charge in [0.2, 0.25) is 5.91 Å². The van der Waals surface area contributed by atoms with Crippen molar-refractivity contribution < 1.29 is 14.3 Å². The first-order valence-electron chi connectivity index (χ1n) is 4.38. The molecule has 0 aromatic heterocycles. The topological polar surface area (TPSA) is 40.5 Å². The Morgan fingerprint density at radius 3 is 2.87 bits per heavy atom. The van der Waals surface area contributed by atoms with E-state index in [0.717, 1.165) is 4.90 Å². The maximum atomic E-state index is 13.3. The van der Waals surface area contributed by atoms with Crippen LogP contribution in [0.25, 0.3) is 0 Å². The van der Waals surface area contributed by atoms with E-state index in [1.54, 1.807) is 0 Å². The first kappa shape index (κ1) is 11.9. The average Bonchev–Trinajstić information content (AvgIpc) is 2.21. The van der Waals surface area contributed by atoms with Crippen molar-refractivity contribution in [3.63, 3.8) is 0 Å². The molecule has 5 heteroatoms. The number of nitrogens with zero attached hydrogens (tertiary/aromatic N) is 1. The summed E-state index contributed by atoms with van der Waals surface area (Å²) < 4.78 is 13.3. The molecule has 0 radical (unpaired) electrons. The van der Waals surface area contributed by atoms with Crippen LogP contribution < -0.4 is 4.90 Å². The van der Waals surface area contributed by atoms with Crippen LogP contribution in [0, 0.1) is 5.82 Å². The Morgan fingerprint density at radius 1 is 1.60 bits per heavy atom. The molecule has 0 heterocycles. The van der Waals surface area contributed by atoms with Crippen LogP contribution in [-0.4, -0.2) is 24.7 Å². The fourth-order valence-corrected chi connectivity index (χ4v) is 1.31. The van der Waals surface area contributed by atoms with Crippen LogP contribution in [0.2, 0.25) is 5.02 Å². The fourth-order valence-electron chi connectivity index (χ4n) is 1.14. The van der Waals surface area contributed by atoms with Crippen LogP contribution in [0.15, 0.2) is 18.2 Å². The molecule has 1 aromatic rings. The van der Waals surface area contributed by atoms with Crippen LogP contribution in [0.3, 0.4) is 0 Å². The first-order chi connectivity index (χ1) is 7.06. The molecule has 82 valence electrons. The maximum Gasteiger partial charge on any atom is 0.229 e. The van der Waals surface area contributed by atoms with E-state index in [1.807, 2.05) is 0 Å². The number of halogens is 2. The molecular formula is C10H11ClFNO2. The zero-order valence-corrected chi connectivity index (χ0v) is 8.96. The lowest BCUT2D eigenvalue weighted by Crippen LogP contribution is -2.27. The number of amides is 1. The molecule has 0 saturated carbocycles. The van der Waals surface area contributed by atoms with E-state index in [4.69, 9.17) is 16.7 Å². The van der Waals surface area contributed by atoms with Gasteiger partial charge in [0.15, 0.2) is 0 Å². The van der Waals surface area contributed by atoms with E-state index in [0.29, 0.717) is 5.02 Å². The SMILES string of the molecule is CN(C(=O)CCO)c1cc(Cl)ccc1F. The second kappa shape index (κ2) is 5.09. The number of hydrogen-bond acceptors (Lipinski definition) is 2. The number of rotatable bonds is 3. The van der Waals surface area contributed by atoms with Gasteiger partial charge in [0.25, 0.3) is 0 Å². The van der Waals surface area contributed by atoms with Crippen molar-refractivity contribution in [2.45, 2.75) is 6.42 Å². The molecule has 15 heavy (non-hydrogen) atoms. The Bertz CT molecular complexity index is 370. The highest BCUT2D eigenvalue weighted by Crippen LogP contribution is 2.22. The number of aliphatic hydroxyl groups is 1. The third kappa shape index (κ3) is 2.91. The predicted octanol–water partition coefficient (Wildman–Crippen LogP) is 1.82. The van der Waals surface area contributed by atoms with Crippen LogP contribution in [0.1, 0.15) is 6.42 Å². The monoisotopic (exact) mass is 231 g/mol. The summed E-state index contributed by atoms with van der Waals surface area (Å²) in [7, 11) is 1.44. The second-order valence-electron chi connectivity index (χ2n) is 3.02. The van der Waals surface area contributed by atoms with Gasteiger partial charge in [-0.25, -0.2) is 4.39 Å². The van der Waals surface area contributed by atoms with Crippen LogP contribution >= 0.6 is 11.6 Å². The average molecular weight is 232 g/mol. The number of aliphatic hydroxyl groups excluding tert-OH is 1. The van der Waals surface area contributed by atoms with E-state index in [2.05, 4.69) is 0 Å². The largest absolute Gasteiger partial charge is 0.396 e. The van der Waals surface area contributed by atoms with Gasteiger partial charge < -0.3 is 10.0 Å². The molecule has 3 nitrogen and oxygen atoms in total. The van der Waals surface area contributed by atoms with Crippen molar-refractivity contribution in [1.82, 2.24) is 0 Å². The van der Waals surface area contributed by atoms with E-state index in [1.165, 1.54) is 25.2 Å².